The molecule has 1 heteroatoms. The van der Waals surface area contributed by atoms with Gasteiger partial charge in [-0.25, -0.2) is 0 Å². The lowest BCUT2D eigenvalue weighted by Crippen LogP contribution is -2.01. The summed E-state index contributed by atoms with van der Waals surface area (Å²) in [5.41, 5.74) is 1.25. The summed E-state index contributed by atoms with van der Waals surface area (Å²) in [4.78, 5) is 0. The first-order chi connectivity index (χ1) is 5.68. The minimum Gasteiger partial charge on any atom is -0.466 e. The number of terminal acetylenes is 1. The van der Waals surface area contributed by atoms with Crippen LogP contribution in [0.4, 0.5) is 0 Å². The Morgan fingerprint density at radius 3 is 2.50 bits per heavy atom. The summed E-state index contributed by atoms with van der Waals surface area (Å²) in [5.74, 6) is 4.81. The first-order valence-electron chi connectivity index (χ1n) is 4.23. The van der Waals surface area contributed by atoms with Crippen LogP contribution in [0, 0.1) is 26.2 Å². The van der Waals surface area contributed by atoms with Gasteiger partial charge in [-0.05, 0) is 32.8 Å². The SMILES string of the molecule is C#CC1(c2cc(C)oc2C)CC1. The second-order valence-corrected chi connectivity index (χ2v) is 3.55. The van der Waals surface area contributed by atoms with E-state index in [0.29, 0.717) is 0 Å². The van der Waals surface area contributed by atoms with E-state index in [0.717, 1.165) is 24.4 Å². The van der Waals surface area contributed by atoms with Gasteiger partial charge >= 0.3 is 0 Å². The van der Waals surface area contributed by atoms with Gasteiger partial charge in [0, 0.05) is 5.56 Å². The molecule has 1 nitrogen and oxygen atoms in total. The molecule has 1 fully saturated rings. The lowest BCUT2D eigenvalue weighted by molar-refractivity contribution is 0.499. The van der Waals surface area contributed by atoms with Gasteiger partial charge in [-0.3, -0.25) is 0 Å². The summed E-state index contributed by atoms with van der Waals surface area (Å²) in [6.07, 6.45) is 7.72. The molecule has 1 aliphatic carbocycles. The largest absolute Gasteiger partial charge is 0.466 e. The summed E-state index contributed by atoms with van der Waals surface area (Å²) >= 11 is 0. The molecule has 0 saturated heterocycles. The molecule has 1 aromatic heterocycles. The van der Waals surface area contributed by atoms with Crippen LogP contribution in [-0.4, -0.2) is 0 Å². The topological polar surface area (TPSA) is 13.1 Å². The van der Waals surface area contributed by atoms with Crippen LogP contribution in [0.2, 0.25) is 0 Å². The molecule has 2 rings (SSSR count). The Labute approximate surface area is 72.8 Å². The Kier molecular flexibility index (Phi) is 1.35. The Morgan fingerprint density at radius 1 is 1.50 bits per heavy atom. The molecular formula is C11H12O. The molecular weight excluding hydrogens is 148 g/mol. The van der Waals surface area contributed by atoms with E-state index < -0.39 is 0 Å². The summed E-state index contributed by atoms with van der Waals surface area (Å²) in [5, 5.41) is 0. The zero-order chi connectivity index (χ0) is 8.77. The van der Waals surface area contributed by atoms with Crippen molar-refractivity contribution in [3.63, 3.8) is 0 Å². The quantitative estimate of drug-likeness (QED) is 0.575. The third kappa shape index (κ3) is 0.881. The van der Waals surface area contributed by atoms with Gasteiger partial charge in [-0.2, -0.15) is 0 Å². The van der Waals surface area contributed by atoms with Crippen molar-refractivity contribution in [2.24, 2.45) is 0 Å². The second-order valence-electron chi connectivity index (χ2n) is 3.55. The highest BCUT2D eigenvalue weighted by Gasteiger charge is 2.44. The normalized spacial score (nSPS) is 18.8. The number of rotatable bonds is 1. The predicted molar refractivity (Wildman–Crippen MR) is 47.9 cm³/mol. The highest BCUT2D eigenvalue weighted by Crippen LogP contribution is 2.49. The highest BCUT2D eigenvalue weighted by molar-refractivity contribution is 5.43. The van der Waals surface area contributed by atoms with E-state index in [4.69, 9.17) is 10.8 Å². The van der Waals surface area contributed by atoms with Crippen molar-refractivity contribution in [2.45, 2.75) is 32.1 Å². The fourth-order valence-corrected chi connectivity index (χ4v) is 1.72. The van der Waals surface area contributed by atoms with Gasteiger partial charge in [0.1, 0.15) is 11.5 Å². The van der Waals surface area contributed by atoms with E-state index in [2.05, 4.69) is 12.0 Å². The minimum atomic E-state index is 0.0296. The summed E-state index contributed by atoms with van der Waals surface area (Å²) < 4.78 is 5.45. The number of aryl methyl sites for hydroxylation is 2. The fourth-order valence-electron chi connectivity index (χ4n) is 1.72. The minimum absolute atomic E-state index is 0.0296. The van der Waals surface area contributed by atoms with Gasteiger partial charge in [-0.15, -0.1) is 6.42 Å². The van der Waals surface area contributed by atoms with Gasteiger partial charge in [0.25, 0.3) is 0 Å². The van der Waals surface area contributed by atoms with Gasteiger partial charge < -0.3 is 4.42 Å². The molecule has 0 unspecified atom stereocenters. The molecule has 0 amide bonds. The second kappa shape index (κ2) is 2.17. The van der Waals surface area contributed by atoms with Crippen molar-refractivity contribution in [1.82, 2.24) is 0 Å². The Balaban J connectivity index is 2.48. The van der Waals surface area contributed by atoms with Crippen molar-refractivity contribution in [1.29, 1.82) is 0 Å². The molecule has 1 aliphatic rings. The third-order valence-electron chi connectivity index (χ3n) is 2.58. The monoisotopic (exact) mass is 160 g/mol. The van der Waals surface area contributed by atoms with Crippen molar-refractivity contribution in [3.8, 4) is 12.3 Å². The molecule has 0 atom stereocenters. The highest BCUT2D eigenvalue weighted by atomic mass is 16.3. The lowest BCUT2D eigenvalue weighted by Gasteiger charge is -2.03. The van der Waals surface area contributed by atoms with Crippen LogP contribution in [0.15, 0.2) is 10.5 Å². The van der Waals surface area contributed by atoms with Gasteiger partial charge in [0.05, 0.1) is 5.41 Å². The molecule has 0 bridgehead atoms. The van der Waals surface area contributed by atoms with Gasteiger partial charge in [0.2, 0.25) is 0 Å². The molecule has 0 N–H and O–H groups in total. The fraction of sp³-hybridized carbons (Fsp3) is 0.455. The van der Waals surface area contributed by atoms with Crippen molar-refractivity contribution in [2.75, 3.05) is 0 Å². The van der Waals surface area contributed by atoms with Crippen LogP contribution in [0.1, 0.15) is 29.9 Å². The third-order valence-corrected chi connectivity index (χ3v) is 2.58. The van der Waals surface area contributed by atoms with E-state index in [1.165, 1.54) is 5.56 Å². The zero-order valence-electron chi connectivity index (χ0n) is 7.48. The maximum Gasteiger partial charge on any atom is 0.105 e. The molecule has 1 saturated carbocycles. The van der Waals surface area contributed by atoms with Gasteiger partial charge in [-0.1, -0.05) is 5.92 Å². The Morgan fingerprint density at radius 2 is 2.17 bits per heavy atom. The molecule has 1 heterocycles. The van der Waals surface area contributed by atoms with Crippen LogP contribution >= 0.6 is 0 Å². The molecule has 0 spiro atoms. The van der Waals surface area contributed by atoms with Crippen LogP contribution in [0.3, 0.4) is 0 Å². The van der Waals surface area contributed by atoms with E-state index in [1.54, 1.807) is 0 Å². The van der Waals surface area contributed by atoms with Crippen molar-refractivity contribution in [3.05, 3.63) is 23.2 Å². The smallest absolute Gasteiger partial charge is 0.105 e. The van der Waals surface area contributed by atoms with E-state index in [9.17, 15) is 0 Å². The van der Waals surface area contributed by atoms with E-state index in [-0.39, 0.29) is 5.41 Å². The molecule has 0 radical (unpaired) electrons. The van der Waals surface area contributed by atoms with Crippen molar-refractivity contribution >= 4 is 0 Å². The average molecular weight is 160 g/mol. The standard InChI is InChI=1S/C11H12O/c1-4-11(5-6-11)10-7-8(2)12-9(10)3/h1,7H,5-6H2,2-3H3. The maximum absolute atomic E-state index is 5.49. The first-order valence-corrected chi connectivity index (χ1v) is 4.23. The molecule has 0 aromatic carbocycles. The van der Waals surface area contributed by atoms with E-state index in [1.807, 2.05) is 13.8 Å². The summed E-state index contributed by atoms with van der Waals surface area (Å²) in [6, 6.07) is 2.07. The Hall–Kier alpha value is -1.16. The van der Waals surface area contributed by atoms with Crippen LogP contribution in [-0.2, 0) is 5.41 Å². The van der Waals surface area contributed by atoms with Gasteiger partial charge in [0.15, 0.2) is 0 Å². The summed E-state index contributed by atoms with van der Waals surface area (Å²) in [6.45, 7) is 3.95. The van der Waals surface area contributed by atoms with Crippen LogP contribution in [0.5, 0.6) is 0 Å². The predicted octanol–water partition coefficient (Wildman–Crippen LogP) is 2.56. The first kappa shape index (κ1) is 7.49. The Bertz CT molecular complexity index is 348. The lowest BCUT2D eigenvalue weighted by atomic mass is 9.97. The average Bonchev–Trinajstić information content (AvgIpc) is 2.74. The molecule has 12 heavy (non-hydrogen) atoms. The molecule has 0 aliphatic heterocycles. The van der Waals surface area contributed by atoms with Crippen LogP contribution in [0.25, 0.3) is 0 Å². The van der Waals surface area contributed by atoms with E-state index >= 15 is 0 Å². The number of hydrogen-bond donors (Lipinski definition) is 0. The van der Waals surface area contributed by atoms with Crippen LogP contribution < -0.4 is 0 Å². The zero-order valence-corrected chi connectivity index (χ0v) is 7.48. The van der Waals surface area contributed by atoms with Crippen molar-refractivity contribution < 1.29 is 4.42 Å². The number of hydrogen-bond acceptors (Lipinski definition) is 1. The molecule has 1 aromatic rings. The number of furan rings is 1. The summed E-state index contributed by atoms with van der Waals surface area (Å²) in [7, 11) is 0. The molecule has 62 valence electrons. The maximum atomic E-state index is 5.49.